The minimum Gasteiger partial charge on any atom is -0.300 e. The van der Waals surface area contributed by atoms with E-state index in [2.05, 4.69) is 32.8 Å². The number of hydrazine groups is 2. The summed E-state index contributed by atoms with van der Waals surface area (Å²) in [5, 5.41) is 2.68. The summed E-state index contributed by atoms with van der Waals surface area (Å²) in [4.78, 5) is 14.8. The van der Waals surface area contributed by atoms with Crippen LogP contribution in [0.15, 0.2) is 30.6 Å². The molecular weight excluding hydrogens is 324 g/mol. The lowest BCUT2D eigenvalue weighted by Gasteiger charge is -2.17. The van der Waals surface area contributed by atoms with E-state index in [0.717, 1.165) is 35.7 Å². The molecule has 6 heteroatoms. The van der Waals surface area contributed by atoms with E-state index in [1.54, 1.807) is 12.3 Å². The maximum atomic E-state index is 10.8. The van der Waals surface area contributed by atoms with Crippen LogP contribution in [0, 0.1) is 17.8 Å². The number of halogens is 1. The topological polar surface area (TPSA) is 57.3 Å². The summed E-state index contributed by atoms with van der Waals surface area (Å²) in [5.74, 6) is 6.82. The Kier molecular flexibility index (Phi) is 3.85. The molecule has 0 amide bonds. The molecule has 2 aromatic rings. The molecule has 2 aliphatic rings. The minimum atomic E-state index is 0.503. The van der Waals surface area contributed by atoms with Crippen molar-refractivity contribution in [1.82, 2.24) is 10.5 Å². The van der Waals surface area contributed by atoms with Gasteiger partial charge in [0.05, 0.1) is 16.4 Å². The predicted octanol–water partition coefficient (Wildman–Crippen LogP) is 3.01. The molecule has 1 aliphatic heterocycles. The largest absolute Gasteiger partial charge is 0.300 e. The van der Waals surface area contributed by atoms with Gasteiger partial charge in [0.1, 0.15) is 0 Å². The summed E-state index contributed by atoms with van der Waals surface area (Å²) in [6.45, 7) is 0.978. The molecule has 1 saturated carbocycles. The van der Waals surface area contributed by atoms with E-state index in [9.17, 15) is 4.79 Å². The summed E-state index contributed by atoms with van der Waals surface area (Å²) in [7, 11) is 0. The highest BCUT2D eigenvalue weighted by atomic mass is 35.5. The molecular formula is C18H15ClN4O. The fourth-order valence-corrected chi connectivity index (χ4v) is 2.88. The number of benzene rings is 1. The van der Waals surface area contributed by atoms with E-state index < -0.39 is 0 Å². The minimum absolute atomic E-state index is 0.503. The summed E-state index contributed by atoms with van der Waals surface area (Å²) >= 11 is 6.49. The third-order valence-electron chi connectivity index (χ3n) is 4.10. The Bertz CT molecular complexity index is 867. The van der Waals surface area contributed by atoms with Gasteiger partial charge in [0, 0.05) is 35.6 Å². The highest BCUT2D eigenvalue weighted by molar-refractivity contribution is 6.35. The molecule has 1 fully saturated rings. The second-order valence-electron chi connectivity index (χ2n) is 5.99. The number of nitrogens with one attached hydrogen (secondary N) is 2. The molecule has 2 heterocycles. The van der Waals surface area contributed by atoms with Crippen LogP contribution >= 0.6 is 11.6 Å². The van der Waals surface area contributed by atoms with Crippen molar-refractivity contribution < 1.29 is 4.79 Å². The maximum absolute atomic E-state index is 10.8. The van der Waals surface area contributed by atoms with Crippen LogP contribution in [0.1, 0.15) is 34.3 Å². The lowest BCUT2D eigenvalue weighted by molar-refractivity contribution is 0.112. The zero-order chi connectivity index (χ0) is 16.5. The molecule has 0 radical (unpaired) electrons. The van der Waals surface area contributed by atoms with Crippen molar-refractivity contribution in [3.8, 4) is 11.8 Å². The van der Waals surface area contributed by atoms with Crippen molar-refractivity contribution in [2.45, 2.75) is 12.8 Å². The van der Waals surface area contributed by atoms with Gasteiger partial charge in [0.2, 0.25) is 0 Å². The smallest absolute Gasteiger partial charge is 0.151 e. The quantitative estimate of drug-likeness (QED) is 0.665. The molecule has 4 rings (SSSR count). The average molecular weight is 339 g/mol. The van der Waals surface area contributed by atoms with Crippen LogP contribution in [-0.2, 0) is 0 Å². The van der Waals surface area contributed by atoms with Crippen molar-refractivity contribution >= 4 is 29.3 Å². The highest BCUT2D eigenvalue weighted by Crippen LogP contribution is 2.40. The predicted molar refractivity (Wildman–Crippen MR) is 93.9 cm³/mol. The number of hydrogen-bond acceptors (Lipinski definition) is 5. The third kappa shape index (κ3) is 2.94. The Morgan fingerprint density at radius 3 is 3.00 bits per heavy atom. The normalized spacial score (nSPS) is 15.3. The number of aldehydes is 1. The lowest BCUT2D eigenvalue weighted by atomic mass is 10.1. The Hall–Kier alpha value is -2.55. The van der Waals surface area contributed by atoms with Crippen molar-refractivity contribution in [3.63, 3.8) is 0 Å². The van der Waals surface area contributed by atoms with Crippen LogP contribution < -0.4 is 16.0 Å². The van der Waals surface area contributed by atoms with Gasteiger partial charge >= 0.3 is 0 Å². The van der Waals surface area contributed by atoms with E-state index in [-0.39, 0.29) is 0 Å². The van der Waals surface area contributed by atoms with Crippen molar-refractivity contribution in [3.05, 3.63) is 52.3 Å². The summed E-state index contributed by atoms with van der Waals surface area (Å²) < 4.78 is 0. The second kappa shape index (κ2) is 6.16. The van der Waals surface area contributed by atoms with Gasteiger partial charge in [-0.3, -0.25) is 14.8 Å². The van der Waals surface area contributed by atoms with Crippen LogP contribution in [0.5, 0.6) is 0 Å². The van der Waals surface area contributed by atoms with Crippen molar-refractivity contribution in [2.24, 2.45) is 5.92 Å². The Labute approximate surface area is 145 Å². The molecule has 120 valence electrons. The third-order valence-corrected chi connectivity index (χ3v) is 4.49. The molecule has 24 heavy (non-hydrogen) atoms. The number of carbonyl (C=O) groups is 1. The number of rotatable bonds is 3. The summed E-state index contributed by atoms with van der Waals surface area (Å²) in [6.07, 6.45) is 6.46. The number of nitrogens with zero attached hydrogens (tertiary/aromatic N) is 2. The number of anilines is 2. The van der Waals surface area contributed by atoms with Crippen LogP contribution in [-0.4, -0.2) is 17.8 Å². The monoisotopic (exact) mass is 338 g/mol. The van der Waals surface area contributed by atoms with Gasteiger partial charge in [-0.2, -0.15) is 0 Å². The SMILES string of the molecule is O=Cc1cncc(C#Cc2ccc3c(c2Cl)NNN3CC2CC2)c1. The standard InChI is InChI=1S/C18H15ClN4O/c19-17-15(4-3-13-7-14(11-24)9-20-8-13)5-6-16-18(17)21-22-23(16)10-12-1-2-12/h5-9,11-12,21-22H,1-2,10H2. The van der Waals surface area contributed by atoms with Crippen LogP contribution in [0.4, 0.5) is 11.4 Å². The molecule has 0 bridgehead atoms. The van der Waals surface area contributed by atoms with Gasteiger partial charge in [-0.15, -0.1) is 5.53 Å². The van der Waals surface area contributed by atoms with E-state index in [1.165, 1.54) is 19.0 Å². The number of pyridine rings is 1. The average Bonchev–Trinajstić information content (AvgIpc) is 3.33. The number of fused-ring (bicyclic) bond motifs is 1. The molecule has 1 aromatic heterocycles. The van der Waals surface area contributed by atoms with Gasteiger partial charge in [-0.1, -0.05) is 23.4 Å². The van der Waals surface area contributed by atoms with Crippen LogP contribution in [0.25, 0.3) is 0 Å². The Balaban J connectivity index is 1.61. The Morgan fingerprint density at radius 1 is 1.33 bits per heavy atom. The van der Waals surface area contributed by atoms with E-state index >= 15 is 0 Å². The maximum Gasteiger partial charge on any atom is 0.151 e. The molecule has 0 saturated heterocycles. The molecule has 0 atom stereocenters. The molecule has 0 spiro atoms. The molecule has 0 unspecified atom stereocenters. The second-order valence-corrected chi connectivity index (χ2v) is 6.36. The van der Waals surface area contributed by atoms with Crippen molar-refractivity contribution in [2.75, 3.05) is 17.0 Å². The van der Waals surface area contributed by atoms with E-state index in [1.807, 2.05) is 12.1 Å². The van der Waals surface area contributed by atoms with Gasteiger partial charge in [0.25, 0.3) is 0 Å². The first-order valence-corrected chi connectivity index (χ1v) is 8.16. The molecule has 2 N–H and O–H groups in total. The number of carbonyl (C=O) groups excluding carboxylic acids is 1. The van der Waals surface area contributed by atoms with Gasteiger partial charge in [0.15, 0.2) is 6.29 Å². The summed E-state index contributed by atoms with van der Waals surface area (Å²) in [5.41, 5.74) is 10.1. The van der Waals surface area contributed by atoms with Crippen LogP contribution in [0.3, 0.4) is 0 Å². The summed E-state index contributed by atoms with van der Waals surface area (Å²) in [6, 6.07) is 5.63. The zero-order valence-electron chi connectivity index (χ0n) is 12.8. The van der Waals surface area contributed by atoms with Gasteiger partial charge in [-0.25, -0.2) is 0 Å². The first kappa shape index (κ1) is 15.0. The van der Waals surface area contributed by atoms with E-state index in [0.29, 0.717) is 16.1 Å². The van der Waals surface area contributed by atoms with Gasteiger partial charge < -0.3 is 5.43 Å². The molecule has 1 aliphatic carbocycles. The van der Waals surface area contributed by atoms with E-state index in [4.69, 9.17) is 11.6 Å². The van der Waals surface area contributed by atoms with Gasteiger partial charge in [-0.05, 0) is 37.0 Å². The fourth-order valence-electron chi connectivity index (χ4n) is 2.62. The van der Waals surface area contributed by atoms with Crippen molar-refractivity contribution in [1.29, 1.82) is 0 Å². The zero-order valence-corrected chi connectivity index (χ0v) is 13.6. The first-order chi connectivity index (χ1) is 11.7. The fraction of sp³-hybridized carbons (Fsp3) is 0.222. The molecule has 5 nitrogen and oxygen atoms in total. The number of hydrogen-bond donors (Lipinski definition) is 2. The van der Waals surface area contributed by atoms with Crippen LogP contribution in [0.2, 0.25) is 5.02 Å². The first-order valence-electron chi connectivity index (χ1n) is 7.78. The molecule has 1 aromatic carbocycles. The highest BCUT2D eigenvalue weighted by Gasteiger charge is 2.29. The lowest BCUT2D eigenvalue weighted by Crippen LogP contribution is -2.37. The number of aromatic nitrogens is 1. The Morgan fingerprint density at radius 2 is 2.21 bits per heavy atom.